The second-order valence-corrected chi connectivity index (χ2v) is 5.66. The third kappa shape index (κ3) is 4.08. The Hall–Kier alpha value is -3.15. The molecule has 0 aliphatic heterocycles. The predicted molar refractivity (Wildman–Crippen MR) is 97.4 cm³/mol. The van der Waals surface area contributed by atoms with E-state index in [1.807, 2.05) is 0 Å². The van der Waals surface area contributed by atoms with Gasteiger partial charge in [0.05, 0.1) is 19.3 Å². The van der Waals surface area contributed by atoms with Crippen LogP contribution in [-0.2, 0) is 9.47 Å². The number of esters is 2. The SMILES string of the molecule is CCOC(=O)c1[nH]c(C)c(C(=O)C=Cc2ccc(C(=O)OC)cc2)c1C. The Kier molecular flexibility index (Phi) is 6.11. The van der Waals surface area contributed by atoms with Crippen molar-refractivity contribution in [1.82, 2.24) is 4.98 Å². The lowest BCUT2D eigenvalue weighted by Gasteiger charge is -2.01. The summed E-state index contributed by atoms with van der Waals surface area (Å²) in [6.45, 7) is 5.44. The van der Waals surface area contributed by atoms with Gasteiger partial charge in [-0.3, -0.25) is 4.79 Å². The van der Waals surface area contributed by atoms with Crippen LogP contribution >= 0.6 is 0 Å². The number of nitrogens with one attached hydrogen (secondary N) is 1. The predicted octanol–water partition coefficient (Wildman–Crippen LogP) is 3.49. The fourth-order valence-electron chi connectivity index (χ4n) is 2.63. The first-order valence-electron chi connectivity index (χ1n) is 8.16. The number of aromatic nitrogens is 1. The van der Waals surface area contributed by atoms with Crippen molar-refractivity contribution in [3.8, 4) is 0 Å². The lowest BCUT2D eigenvalue weighted by atomic mass is 10.0. The second-order valence-electron chi connectivity index (χ2n) is 5.66. The molecule has 0 radical (unpaired) electrons. The van der Waals surface area contributed by atoms with Gasteiger partial charge in [0.2, 0.25) is 0 Å². The van der Waals surface area contributed by atoms with Crippen molar-refractivity contribution in [2.75, 3.05) is 13.7 Å². The van der Waals surface area contributed by atoms with Crippen LogP contribution in [0.15, 0.2) is 30.3 Å². The zero-order valence-corrected chi connectivity index (χ0v) is 15.2. The highest BCUT2D eigenvalue weighted by Crippen LogP contribution is 2.20. The van der Waals surface area contributed by atoms with Gasteiger partial charge in [0.1, 0.15) is 5.69 Å². The lowest BCUT2D eigenvalue weighted by molar-refractivity contribution is 0.0518. The van der Waals surface area contributed by atoms with Crippen LogP contribution in [0.1, 0.15) is 54.9 Å². The first kappa shape index (κ1) is 19.2. The zero-order valence-electron chi connectivity index (χ0n) is 15.2. The normalized spacial score (nSPS) is 10.8. The lowest BCUT2D eigenvalue weighted by Crippen LogP contribution is -2.07. The second kappa shape index (κ2) is 8.29. The molecule has 0 amide bonds. The molecule has 2 aromatic rings. The minimum atomic E-state index is -0.477. The van der Waals surface area contributed by atoms with E-state index in [9.17, 15) is 14.4 Å². The van der Waals surface area contributed by atoms with Crippen molar-refractivity contribution in [2.24, 2.45) is 0 Å². The number of carbonyl (C=O) groups is 3. The highest BCUT2D eigenvalue weighted by atomic mass is 16.5. The summed E-state index contributed by atoms with van der Waals surface area (Å²) in [5.41, 5.74) is 3.13. The maximum Gasteiger partial charge on any atom is 0.355 e. The summed E-state index contributed by atoms with van der Waals surface area (Å²) < 4.78 is 9.63. The van der Waals surface area contributed by atoms with E-state index < -0.39 is 11.9 Å². The van der Waals surface area contributed by atoms with Crippen LogP contribution in [0.3, 0.4) is 0 Å². The van der Waals surface area contributed by atoms with Gasteiger partial charge in [-0.25, -0.2) is 9.59 Å². The number of hydrogen-bond donors (Lipinski definition) is 1. The van der Waals surface area contributed by atoms with Crippen LogP contribution in [0.4, 0.5) is 0 Å². The quantitative estimate of drug-likeness (QED) is 0.487. The monoisotopic (exact) mass is 355 g/mol. The molecule has 0 aliphatic rings. The number of hydrogen-bond acceptors (Lipinski definition) is 5. The summed E-state index contributed by atoms with van der Waals surface area (Å²) in [6, 6.07) is 6.69. The zero-order chi connectivity index (χ0) is 19.3. The number of H-pyrrole nitrogens is 1. The van der Waals surface area contributed by atoms with E-state index in [2.05, 4.69) is 9.72 Å². The van der Waals surface area contributed by atoms with Gasteiger partial charge in [-0.1, -0.05) is 18.2 Å². The fourth-order valence-corrected chi connectivity index (χ4v) is 2.63. The van der Waals surface area contributed by atoms with Gasteiger partial charge in [0, 0.05) is 11.3 Å². The van der Waals surface area contributed by atoms with Crippen LogP contribution in [0.25, 0.3) is 6.08 Å². The molecular weight excluding hydrogens is 334 g/mol. The molecule has 2 rings (SSSR count). The van der Waals surface area contributed by atoms with Gasteiger partial charge in [-0.2, -0.15) is 0 Å². The molecule has 1 N–H and O–H groups in total. The first-order chi connectivity index (χ1) is 12.4. The molecule has 0 fully saturated rings. The number of carbonyl (C=O) groups excluding carboxylic acids is 3. The van der Waals surface area contributed by atoms with E-state index in [1.165, 1.54) is 13.2 Å². The summed E-state index contributed by atoms with van der Waals surface area (Å²) in [7, 11) is 1.32. The van der Waals surface area contributed by atoms with Gasteiger partial charge in [-0.15, -0.1) is 0 Å². The van der Waals surface area contributed by atoms with Crippen molar-refractivity contribution >= 4 is 23.8 Å². The number of aryl methyl sites for hydroxylation is 1. The fraction of sp³-hybridized carbons (Fsp3) is 0.250. The topological polar surface area (TPSA) is 85.5 Å². The molecule has 0 unspecified atom stereocenters. The van der Waals surface area contributed by atoms with Crippen LogP contribution < -0.4 is 0 Å². The van der Waals surface area contributed by atoms with Gasteiger partial charge >= 0.3 is 11.9 Å². The molecule has 6 heteroatoms. The number of ether oxygens (including phenoxy) is 2. The van der Waals surface area contributed by atoms with Crippen LogP contribution in [0, 0.1) is 13.8 Å². The van der Waals surface area contributed by atoms with E-state index in [-0.39, 0.29) is 12.4 Å². The summed E-state index contributed by atoms with van der Waals surface area (Å²) in [4.78, 5) is 38.8. The number of allylic oxidation sites excluding steroid dienone is 1. The van der Waals surface area contributed by atoms with Crippen molar-refractivity contribution in [1.29, 1.82) is 0 Å². The highest BCUT2D eigenvalue weighted by Gasteiger charge is 2.21. The van der Waals surface area contributed by atoms with E-state index in [0.717, 1.165) is 5.56 Å². The third-order valence-corrected chi connectivity index (χ3v) is 3.92. The molecule has 0 bridgehead atoms. The van der Waals surface area contributed by atoms with Gasteiger partial charge < -0.3 is 14.5 Å². The Morgan fingerprint density at radius 2 is 1.73 bits per heavy atom. The van der Waals surface area contributed by atoms with Crippen molar-refractivity contribution in [3.63, 3.8) is 0 Å². The molecule has 26 heavy (non-hydrogen) atoms. The molecule has 0 atom stereocenters. The van der Waals surface area contributed by atoms with E-state index >= 15 is 0 Å². The van der Waals surface area contributed by atoms with Crippen LogP contribution in [0.5, 0.6) is 0 Å². The summed E-state index contributed by atoms with van der Waals surface area (Å²) >= 11 is 0. The minimum absolute atomic E-state index is 0.219. The van der Waals surface area contributed by atoms with Gasteiger partial charge in [0.25, 0.3) is 0 Å². The van der Waals surface area contributed by atoms with Crippen molar-refractivity contribution in [2.45, 2.75) is 20.8 Å². The van der Waals surface area contributed by atoms with Crippen LogP contribution in [-0.4, -0.2) is 36.4 Å². The average molecular weight is 355 g/mol. The molecular formula is C20H21NO5. The number of ketones is 1. The molecule has 0 aliphatic carbocycles. The minimum Gasteiger partial charge on any atom is -0.465 e. The van der Waals surface area contributed by atoms with E-state index in [0.29, 0.717) is 28.1 Å². The first-order valence-corrected chi connectivity index (χ1v) is 8.16. The smallest absolute Gasteiger partial charge is 0.355 e. The van der Waals surface area contributed by atoms with Crippen molar-refractivity contribution in [3.05, 3.63) is 64.0 Å². The number of rotatable bonds is 6. The Morgan fingerprint density at radius 3 is 2.31 bits per heavy atom. The number of methoxy groups -OCH3 is 1. The maximum absolute atomic E-state index is 12.5. The molecule has 6 nitrogen and oxygen atoms in total. The molecule has 0 saturated carbocycles. The van der Waals surface area contributed by atoms with Crippen LogP contribution in [0.2, 0.25) is 0 Å². The average Bonchev–Trinajstić information content (AvgIpc) is 2.94. The molecule has 1 aromatic heterocycles. The molecule has 136 valence electrons. The Labute approximate surface area is 151 Å². The molecule has 1 heterocycles. The summed E-state index contributed by atoms with van der Waals surface area (Å²) in [5.74, 6) is -1.11. The molecule has 0 spiro atoms. The van der Waals surface area contributed by atoms with Gasteiger partial charge in [0.15, 0.2) is 5.78 Å². The number of aromatic amines is 1. The Balaban J connectivity index is 2.21. The molecule has 0 saturated heterocycles. The highest BCUT2D eigenvalue weighted by molar-refractivity contribution is 6.10. The van der Waals surface area contributed by atoms with E-state index in [1.54, 1.807) is 51.1 Å². The summed E-state index contributed by atoms with van der Waals surface area (Å²) in [6.07, 6.45) is 3.09. The third-order valence-electron chi connectivity index (χ3n) is 3.92. The maximum atomic E-state index is 12.5. The van der Waals surface area contributed by atoms with Gasteiger partial charge in [-0.05, 0) is 50.1 Å². The van der Waals surface area contributed by atoms with Crippen molar-refractivity contribution < 1.29 is 23.9 Å². The number of benzene rings is 1. The Morgan fingerprint density at radius 1 is 1.08 bits per heavy atom. The summed E-state index contributed by atoms with van der Waals surface area (Å²) in [5, 5.41) is 0. The van der Waals surface area contributed by atoms with E-state index in [4.69, 9.17) is 4.74 Å². The standard InChI is InChI=1S/C20H21NO5/c1-5-26-20(24)18-12(2)17(13(3)21-18)16(22)11-8-14-6-9-15(10-7-14)19(23)25-4/h6-11,21H,5H2,1-4H3. The Bertz CT molecular complexity index is 859. The largest absolute Gasteiger partial charge is 0.465 e. The molecule has 1 aromatic carbocycles.